The van der Waals surface area contributed by atoms with Gasteiger partial charge in [0.1, 0.15) is 10.6 Å². The summed E-state index contributed by atoms with van der Waals surface area (Å²) in [5.74, 6) is -2.47. The van der Waals surface area contributed by atoms with Gasteiger partial charge < -0.3 is 15.2 Å². The van der Waals surface area contributed by atoms with Gasteiger partial charge in [-0.25, -0.2) is 4.79 Å². The number of carboxylic acid groups (broad SMARTS) is 1. The molecule has 23 heavy (non-hydrogen) atoms. The number of rotatable bonds is 5. The van der Waals surface area contributed by atoms with Gasteiger partial charge in [-0.3, -0.25) is 9.48 Å². The molecule has 0 radical (unpaired) electrons. The number of alkyl halides is 3. The molecule has 0 atom stereocenters. The van der Waals surface area contributed by atoms with Gasteiger partial charge in [0.05, 0.1) is 11.8 Å². The molecular formula is C12H10F3N3O4S. The maximum atomic E-state index is 12.2. The third-order valence-electron chi connectivity index (χ3n) is 2.52. The number of thiophene rings is 1. The van der Waals surface area contributed by atoms with Crippen LogP contribution in [-0.2, 0) is 7.05 Å². The minimum atomic E-state index is -4.55. The number of nitrogens with one attached hydrogen (secondary N) is 1. The molecule has 2 aromatic rings. The van der Waals surface area contributed by atoms with Crippen molar-refractivity contribution in [1.82, 2.24) is 9.78 Å². The molecular weight excluding hydrogens is 339 g/mol. The van der Waals surface area contributed by atoms with Crippen LogP contribution in [0, 0.1) is 0 Å². The molecule has 0 aromatic carbocycles. The first-order valence-electron chi connectivity index (χ1n) is 6.02. The molecule has 0 aliphatic rings. The highest BCUT2D eigenvalue weighted by Gasteiger charge is 2.30. The molecule has 2 rings (SSSR count). The van der Waals surface area contributed by atoms with Crippen LogP contribution in [0.1, 0.15) is 20.0 Å². The van der Waals surface area contributed by atoms with Gasteiger partial charge in [0.15, 0.2) is 6.61 Å². The van der Waals surface area contributed by atoms with Crippen LogP contribution in [0.4, 0.5) is 18.9 Å². The highest BCUT2D eigenvalue weighted by molar-refractivity contribution is 7.12. The van der Waals surface area contributed by atoms with Crippen LogP contribution in [-0.4, -0.2) is 39.5 Å². The molecule has 0 saturated carbocycles. The van der Waals surface area contributed by atoms with E-state index in [9.17, 15) is 22.8 Å². The second kappa shape index (κ2) is 6.28. The smallest absolute Gasteiger partial charge is 0.422 e. The number of hydrogen-bond donors (Lipinski definition) is 2. The molecule has 0 aliphatic heterocycles. The molecule has 2 heterocycles. The number of ether oxygens (including phenoxy) is 1. The number of anilines is 1. The summed E-state index contributed by atoms with van der Waals surface area (Å²) in [7, 11) is 1.43. The Balaban J connectivity index is 2.18. The number of carbonyl (C=O) groups excluding carboxylic acids is 1. The highest BCUT2D eigenvalue weighted by Crippen LogP contribution is 2.26. The Labute approximate surface area is 131 Å². The summed E-state index contributed by atoms with van der Waals surface area (Å²) in [6.45, 7) is -1.56. The van der Waals surface area contributed by atoms with Crippen LogP contribution in [0.15, 0.2) is 17.6 Å². The minimum Gasteiger partial charge on any atom is -0.477 e. The van der Waals surface area contributed by atoms with E-state index < -0.39 is 30.5 Å². The zero-order chi connectivity index (χ0) is 17.2. The maximum absolute atomic E-state index is 12.2. The quantitative estimate of drug-likeness (QED) is 0.864. The number of halogens is 3. The summed E-state index contributed by atoms with van der Waals surface area (Å²) in [5, 5.41) is 16.4. The lowest BCUT2D eigenvalue weighted by Crippen LogP contribution is -2.20. The van der Waals surface area contributed by atoms with E-state index in [1.165, 1.54) is 24.7 Å². The number of hydrogen-bond acceptors (Lipinski definition) is 5. The van der Waals surface area contributed by atoms with Crippen molar-refractivity contribution < 1.29 is 32.6 Å². The number of nitrogens with zero attached hydrogens (tertiary/aromatic N) is 2. The fourth-order valence-electron chi connectivity index (χ4n) is 1.65. The zero-order valence-corrected chi connectivity index (χ0v) is 12.4. The van der Waals surface area contributed by atoms with Crippen LogP contribution >= 0.6 is 11.3 Å². The third-order valence-corrected chi connectivity index (χ3v) is 3.42. The molecule has 0 fully saturated rings. The second-order valence-corrected chi connectivity index (χ2v) is 5.26. The maximum Gasteiger partial charge on any atom is 0.422 e. The van der Waals surface area contributed by atoms with Gasteiger partial charge in [-0.1, -0.05) is 0 Å². The van der Waals surface area contributed by atoms with Crippen LogP contribution in [0.25, 0.3) is 0 Å². The number of carboxylic acids is 1. The molecule has 124 valence electrons. The van der Waals surface area contributed by atoms with E-state index in [0.717, 1.165) is 16.0 Å². The van der Waals surface area contributed by atoms with Crippen molar-refractivity contribution in [3.63, 3.8) is 0 Å². The molecule has 2 N–H and O–H groups in total. The van der Waals surface area contributed by atoms with E-state index in [2.05, 4.69) is 15.2 Å². The van der Waals surface area contributed by atoms with Gasteiger partial charge in [0.25, 0.3) is 11.8 Å². The van der Waals surface area contributed by atoms with E-state index >= 15 is 0 Å². The molecule has 11 heteroatoms. The predicted octanol–water partition coefficient (Wildman–Crippen LogP) is 2.37. The number of aromatic nitrogens is 2. The van der Waals surface area contributed by atoms with Gasteiger partial charge in [0, 0.05) is 7.05 Å². The molecule has 0 aliphatic carbocycles. The number of aromatic carboxylic acids is 1. The van der Waals surface area contributed by atoms with Gasteiger partial charge in [0.2, 0.25) is 0 Å². The van der Waals surface area contributed by atoms with Crippen molar-refractivity contribution in [3.8, 4) is 5.88 Å². The van der Waals surface area contributed by atoms with E-state index in [1.807, 2.05) is 0 Å². The topological polar surface area (TPSA) is 93.5 Å². The first-order chi connectivity index (χ1) is 10.7. The van der Waals surface area contributed by atoms with Crippen LogP contribution < -0.4 is 10.1 Å². The van der Waals surface area contributed by atoms with Crippen molar-refractivity contribution in [1.29, 1.82) is 0 Å². The first kappa shape index (κ1) is 16.8. The minimum absolute atomic E-state index is 0.0933. The molecule has 2 aromatic heterocycles. The lowest BCUT2D eigenvalue weighted by Gasteiger charge is -2.09. The van der Waals surface area contributed by atoms with Gasteiger partial charge in [-0.05, 0) is 11.4 Å². The summed E-state index contributed by atoms with van der Waals surface area (Å²) in [4.78, 5) is 22.9. The number of aryl methyl sites for hydroxylation is 1. The lowest BCUT2D eigenvalue weighted by atomic mass is 10.2. The van der Waals surface area contributed by atoms with Crippen LogP contribution in [0.2, 0.25) is 0 Å². The summed E-state index contributed by atoms with van der Waals surface area (Å²) >= 11 is 0.858. The first-order valence-corrected chi connectivity index (χ1v) is 6.90. The largest absolute Gasteiger partial charge is 0.477 e. The summed E-state index contributed by atoms with van der Waals surface area (Å²) in [6, 6.07) is 1.30. The summed E-state index contributed by atoms with van der Waals surface area (Å²) in [5.41, 5.74) is -0.197. The third kappa shape index (κ3) is 4.22. The predicted molar refractivity (Wildman–Crippen MR) is 74.0 cm³/mol. The normalized spacial score (nSPS) is 11.3. The second-order valence-electron chi connectivity index (χ2n) is 4.35. The van der Waals surface area contributed by atoms with Gasteiger partial charge in [-0.15, -0.1) is 16.4 Å². The Hall–Kier alpha value is -2.56. The monoisotopic (exact) mass is 349 g/mol. The van der Waals surface area contributed by atoms with Crippen molar-refractivity contribution in [2.24, 2.45) is 7.05 Å². The molecule has 7 nitrogen and oxygen atoms in total. The zero-order valence-electron chi connectivity index (χ0n) is 11.5. The molecule has 0 bridgehead atoms. The van der Waals surface area contributed by atoms with Crippen LogP contribution in [0.5, 0.6) is 5.88 Å². The molecule has 0 unspecified atom stereocenters. The standard InChI is InChI=1S/C12H10F3N3O4S/c1-18-4-7(10(17-18)22-5-12(13,14)15)16-9(19)6-2-3-23-8(6)11(20)21/h2-4H,5H2,1H3,(H,16,19)(H,20,21). The van der Waals surface area contributed by atoms with E-state index in [0.29, 0.717) is 0 Å². The number of carbonyl (C=O) groups is 2. The number of amides is 1. The SMILES string of the molecule is Cn1cc(NC(=O)c2ccsc2C(=O)O)c(OCC(F)(F)F)n1. The van der Waals surface area contributed by atoms with Crippen molar-refractivity contribution in [2.45, 2.75) is 6.18 Å². The van der Waals surface area contributed by atoms with E-state index in [1.54, 1.807) is 0 Å². The van der Waals surface area contributed by atoms with Gasteiger partial charge in [-0.2, -0.15) is 13.2 Å². The fourth-order valence-corrected chi connectivity index (χ4v) is 2.38. The Morgan fingerprint density at radius 3 is 2.78 bits per heavy atom. The van der Waals surface area contributed by atoms with E-state index in [-0.39, 0.29) is 16.1 Å². The average molecular weight is 349 g/mol. The van der Waals surface area contributed by atoms with Crippen molar-refractivity contribution in [3.05, 3.63) is 28.1 Å². The summed E-state index contributed by atoms with van der Waals surface area (Å²) < 4.78 is 42.3. The Morgan fingerprint density at radius 2 is 2.17 bits per heavy atom. The average Bonchev–Trinajstić information content (AvgIpc) is 3.02. The Bertz CT molecular complexity index is 738. The lowest BCUT2D eigenvalue weighted by molar-refractivity contribution is -0.154. The molecule has 0 saturated heterocycles. The fraction of sp³-hybridized carbons (Fsp3) is 0.250. The summed E-state index contributed by atoms with van der Waals surface area (Å²) in [6.07, 6.45) is -3.31. The molecule has 0 spiro atoms. The van der Waals surface area contributed by atoms with Crippen molar-refractivity contribution >= 4 is 28.9 Å². The molecule has 1 amide bonds. The van der Waals surface area contributed by atoms with E-state index in [4.69, 9.17) is 5.11 Å². The Morgan fingerprint density at radius 1 is 1.48 bits per heavy atom. The highest BCUT2D eigenvalue weighted by atomic mass is 32.1. The van der Waals surface area contributed by atoms with Crippen molar-refractivity contribution in [2.75, 3.05) is 11.9 Å². The van der Waals surface area contributed by atoms with Crippen LogP contribution in [0.3, 0.4) is 0 Å². The Kier molecular flexibility index (Phi) is 4.59. The van der Waals surface area contributed by atoms with Gasteiger partial charge >= 0.3 is 12.1 Å².